The molecule has 0 aromatic heterocycles. The minimum Gasteiger partial charge on any atom is -0.473 e. The summed E-state index contributed by atoms with van der Waals surface area (Å²) in [6.45, 7) is 3.92. The summed E-state index contributed by atoms with van der Waals surface area (Å²) in [5.41, 5.74) is 0.687. The second-order valence-electron chi connectivity index (χ2n) is 9.30. The number of hydrogen-bond donors (Lipinski definition) is 3. The highest BCUT2D eigenvalue weighted by molar-refractivity contribution is 6.27. The van der Waals surface area contributed by atoms with E-state index in [-0.39, 0.29) is 5.41 Å². The number of nitrogens with zero attached hydrogens (tertiary/aromatic N) is 2. The molecule has 0 saturated heterocycles. The quantitative estimate of drug-likeness (QED) is 0.254. The van der Waals surface area contributed by atoms with Gasteiger partial charge in [-0.1, -0.05) is 42.4 Å². The Bertz CT molecular complexity index is 772. The molecule has 2 aliphatic rings. The maximum absolute atomic E-state index is 11.5. The number of carboxylic acids is 2. The van der Waals surface area contributed by atoms with Gasteiger partial charge in [-0.25, -0.2) is 9.59 Å². The first-order chi connectivity index (χ1) is 15.1. The van der Waals surface area contributed by atoms with Gasteiger partial charge in [-0.3, -0.25) is 0 Å². The molecule has 3 rings (SSSR count). The van der Waals surface area contributed by atoms with Gasteiger partial charge in [0.05, 0.1) is 5.60 Å². The molecule has 178 valence electrons. The van der Waals surface area contributed by atoms with Crippen LogP contribution in [0.4, 0.5) is 0 Å². The molecular formula is C24H36N2O6. The van der Waals surface area contributed by atoms with Gasteiger partial charge < -0.3 is 25.1 Å². The molecule has 2 fully saturated rings. The molecule has 0 aliphatic heterocycles. The van der Waals surface area contributed by atoms with E-state index >= 15 is 0 Å². The number of rotatable bonds is 7. The lowest BCUT2D eigenvalue weighted by atomic mass is 9.59. The minimum atomic E-state index is -1.82. The van der Waals surface area contributed by atoms with E-state index in [1.807, 2.05) is 6.21 Å². The van der Waals surface area contributed by atoms with Crippen molar-refractivity contribution in [3.63, 3.8) is 0 Å². The topological polar surface area (TPSA) is 120 Å². The van der Waals surface area contributed by atoms with Gasteiger partial charge in [-0.05, 0) is 64.1 Å². The average molecular weight is 449 g/mol. The minimum absolute atomic E-state index is 0.0885. The Morgan fingerprint density at radius 1 is 1.16 bits per heavy atom. The molecule has 0 radical (unpaired) electrons. The SMILES string of the molecule is CN(C)CCCO/N=C/[C@H]1CC[C@]2(O)C[C@@H](c3ccccc3)CC[C@]12C.O=C(O)C(=O)O. The zero-order chi connectivity index (χ0) is 23.8. The van der Waals surface area contributed by atoms with Crippen LogP contribution in [0.5, 0.6) is 0 Å². The Labute approximate surface area is 189 Å². The van der Waals surface area contributed by atoms with Crippen LogP contribution in [0.25, 0.3) is 0 Å². The van der Waals surface area contributed by atoms with E-state index in [0.717, 1.165) is 45.1 Å². The molecule has 2 saturated carbocycles. The second kappa shape index (κ2) is 11.4. The van der Waals surface area contributed by atoms with Crippen LogP contribution in [-0.4, -0.2) is 71.2 Å². The Morgan fingerprint density at radius 3 is 2.41 bits per heavy atom. The fraction of sp³-hybridized carbons (Fsp3) is 0.625. The van der Waals surface area contributed by atoms with Crippen molar-refractivity contribution in [2.75, 3.05) is 27.2 Å². The predicted octanol–water partition coefficient (Wildman–Crippen LogP) is 3.21. The van der Waals surface area contributed by atoms with Gasteiger partial charge in [0.1, 0.15) is 6.61 Å². The normalized spacial score (nSPS) is 29.3. The number of aliphatic hydroxyl groups is 1. The van der Waals surface area contributed by atoms with Crippen LogP contribution >= 0.6 is 0 Å². The molecule has 1 aromatic carbocycles. The Morgan fingerprint density at radius 2 is 1.81 bits per heavy atom. The number of benzene rings is 1. The first kappa shape index (κ1) is 25.8. The van der Waals surface area contributed by atoms with Crippen molar-refractivity contribution < 1.29 is 29.7 Å². The van der Waals surface area contributed by atoms with Crippen LogP contribution in [0.1, 0.15) is 56.9 Å². The monoisotopic (exact) mass is 448 g/mol. The van der Waals surface area contributed by atoms with Gasteiger partial charge in [-0.15, -0.1) is 0 Å². The number of aliphatic carboxylic acids is 2. The highest BCUT2D eigenvalue weighted by Crippen LogP contribution is 2.60. The van der Waals surface area contributed by atoms with Crippen molar-refractivity contribution in [1.82, 2.24) is 4.90 Å². The fourth-order valence-corrected chi connectivity index (χ4v) is 4.94. The Kier molecular flexibility index (Phi) is 9.21. The summed E-state index contributed by atoms with van der Waals surface area (Å²) in [5, 5.41) is 30.5. The number of carboxylic acid groups (broad SMARTS) is 2. The highest BCUT2D eigenvalue weighted by Gasteiger charge is 2.58. The number of carbonyl (C=O) groups is 2. The van der Waals surface area contributed by atoms with Crippen molar-refractivity contribution in [1.29, 1.82) is 0 Å². The summed E-state index contributed by atoms with van der Waals surface area (Å²) in [7, 11) is 4.13. The van der Waals surface area contributed by atoms with Crippen LogP contribution in [0.3, 0.4) is 0 Å². The lowest BCUT2D eigenvalue weighted by molar-refractivity contribution is -0.159. The molecule has 1 aromatic rings. The van der Waals surface area contributed by atoms with Crippen LogP contribution < -0.4 is 0 Å². The molecule has 0 spiro atoms. The second-order valence-corrected chi connectivity index (χ2v) is 9.30. The van der Waals surface area contributed by atoms with Crippen LogP contribution in [0, 0.1) is 11.3 Å². The van der Waals surface area contributed by atoms with E-state index in [4.69, 9.17) is 24.6 Å². The van der Waals surface area contributed by atoms with Crippen molar-refractivity contribution in [2.24, 2.45) is 16.5 Å². The standard InChI is InChI=1S/C22H34N2O2.C2H2O4/c1-21-12-10-19(18-8-5-4-6-9-18)16-22(21,25)13-11-20(21)17-23-26-15-7-14-24(2)3;3-1(4)2(5)6/h4-6,8-9,17,19-20,25H,7,10-16H2,1-3H3;(H,3,4)(H,5,6)/b23-17+;/t19-,20+,21+,22-;/m0./s1. The van der Waals surface area contributed by atoms with Crippen LogP contribution in [0.2, 0.25) is 0 Å². The molecule has 0 bridgehead atoms. The molecule has 0 amide bonds. The molecule has 32 heavy (non-hydrogen) atoms. The van der Waals surface area contributed by atoms with Crippen molar-refractivity contribution in [2.45, 2.75) is 57.0 Å². The van der Waals surface area contributed by atoms with Crippen molar-refractivity contribution >= 4 is 18.2 Å². The fourth-order valence-electron chi connectivity index (χ4n) is 4.94. The van der Waals surface area contributed by atoms with E-state index in [1.54, 1.807) is 0 Å². The lowest BCUT2D eigenvalue weighted by Crippen LogP contribution is -2.49. The van der Waals surface area contributed by atoms with Crippen molar-refractivity contribution in [3.05, 3.63) is 35.9 Å². The van der Waals surface area contributed by atoms with Crippen LogP contribution in [0.15, 0.2) is 35.5 Å². The molecule has 4 atom stereocenters. The van der Waals surface area contributed by atoms with Gasteiger partial charge in [0, 0.05) is 24.1 Å². The first-order valence-corrected chi connectivity index (χ1v) is 11.1. The Hall–Kier alpha value is -2.45. The molecule has 8 nitrogen and oxygen atoms in total. The third-order valence-corrected chi connectivity index (χ3v) is 6.96. The maximum Gasteiger partial charge on any atom is 0.414 e. The zero-order valence-corrected chi connectivity index (χ0v) is 19.2. The Balaban J connectivity index is 0.000000534. The molecule has 3 N–H and O–H groups in total. The molecule has 0 heterocycles. The third kappa shape index (κ3) is 6.53. The smallest absolute Gasteiger partial charge is 0.414 e. The maximum atomic E-state index is 11.5. The van der Waals surface area contributed by atoms with E-state index in [9.17, 15) is 5.11 Å². The number of oxime groups is 1. The number of hydrogen-bond acceptors (Lipinski definition) is 6. The van der Waals surface area contributed by atoms with Gasteiger partial charge in [0.2, 0.25) is 0 Å². The third-order valence-electron chi connectivity index (χ3n) is 6.96. The molecule has 8 heteroatoms. The van der Waals surface area contributed by atoms with E-state index in [0.29, 0.717) is 18.4 Å². The predicted molar refractivity (Wildman–Crippen MR) is 122 cm³/mol. The average Bonchev–Trinajstić information content (AvgIpc) is 3.01. The first-order valence-electron chi connectivity index (χ1n) is 11.1. The summed E-state index contributed by atoms with van der Waals surface area (Å²) in [4.78, 5) is 25.8. The molecule has 2 aliphatic carbocycles. The summed E-state index contributed by atoms with van der Waals surface area (Å²) in [5.74, 6) is -2.88. The van der Waals surface area contributed by atoms with Crippen molar-refractivity contribution in [3.8, 4) is 0 Å². The summed E-state index contributed by atoms with van der Waals surface area (Å²) in [6, 6.07) is 10.7. The largest absolute Gasteiger partial charge is 0.473 e. The molecule has 0 unspecified atom stereocenters. The van der Waals surface area contributed by atoms with Gasteiger partial charge in [0.15, 0.2) is 0 Å². The van der Waals surface area contributed by atoms with E-state index < -0.39 is 17.5 Å². The zero-order valence-electron chi connectivity index (χ0n) is 19.2. The van der Waals surface area contributed by atoms with Gasteiger partial charge >= 0.3 is 11.9 Å². The van der Waals surface area contributed by atoms with E-state index in [2.05, 4.69) is 61.4 Å². The summed E-state index contributed by atoms with van der Waals surface area (Å²) >= 11 is 0. The van der Waals surface area contributed by atoms with Crippen LogP contribution in [-0.2, 0) is 14.4 Å². The molecular weight excluding hydrogens is 412 g/mol. The summed E-state index contributed by atoms with van der Waals surface area (Å²) in [6.07, 6.45) is 7.85. The van der Waals surface area contributed by atoms with Gasteiger partial charge in [0.25, 0.3) is 0 Å². The lowest BCUT2D eigenvalue weighted by Gasteiger charge is -2.48. The highest BCUT2D eigenvalue weighted by atomic mass is 16.6. The van der Waals surface area contributed by atoms with E-state index in [1.165, 1.54) is 5.56 Å². The summed E-state index contributed by atoms with van der Waals surface area (Å²) < 4.78 is 0. The van der Waals surface area contributed by atoms with Gasteiger partial charge in [-0.2, -0.15) is 0 Å². The number of fused-ring (bicyclic) bond motifs is 1.